The number of hydrogen-bond acceptors (Lipinski definition) is 2. The molecule has 3 nitrogen and oxygen atoms in total. The third kappa shape index (κ3) is 3.16. The Morgan fingerprint density at radius 3 is 2.73 bits per heavy atom. The second-order valence-electron chi connectivity index (χ2n) is 4.37. The first-order valence-electron chi connectivity index (χ1n) is 5.67. The van der Waals surface area contributed by atoms with Crippen LogP contribution in [0.2, 0.25) is 0 Å². The van der Waals surface area contributed by atoms with Gasteiger partial charge in [-0.05, 0) is 6.42 Å². The minimum absolute atomic E-state index is 0.0253. The molecule has 1 aliphatic heterocycles. The molecule has 1 aliphatic rings. The number of alkyl halides is 1. The number of unbranched alkanes of at least 4 members (excludes halogenated alkanes) is 1. The summed E-state index contributed by atoms with van der Waals surface area (Å²) in [5.74, 6) is -0.0786. The number of halogens is 1. The smallest absolute Gasteiger partial charge is 0.225 e. The Morgan fingerprint density at radius 1 is 1.60 bits per heavy atom. The summed E-state index contributed by atoms with van der Waals surface area (Å²) in [5.41, 5.74) is 0. The molecule has 0 aliphatic carbocycles. The van der Waals surface area contributed by atoms with Crippen molar-refractivity contribution >= 4 is 5.91 Å². The van der Waals surface area contributed by atoms with Gasteiger partial charge in [0.05, 0.1) is 6.54 Å². The van der Waals surface area contributed by atoms with Crippen molar-refractivity contribution < 1.29 is 14.3 Å². The number of aliphatic hydroxyl groups excluding tert-OH is 1. The van der Waals surface area contributed by atoms with Gasteiger partial charge in [-0.1, -0.05) is 26.7 Å². The fourth-order valence-corrected chi connectivity index (χ4v) is 1.87. The molecule has 0 saturated carbocycles. The quantitative estimate of drug-likeness (QED) is 0.772. The van der Waals surface area contributed by atoms with E-state index in [-0.39, 0.29) is 24.9 Å². The van der Waals surface area contributed by atoms with Gasteiger partial charge >= 0.3 is 0 Å². The van der Waals surface area contributed by atoms with Crippen molar-refractivity contribution in [1.29, 1.82) is 0 Å². The Morgan fingerprint density at radius 2 is 2.27 bits per heavy atom. The third-order valence-electron chi connectivity index (χ3n) is 2.94. The van der Waals surface area contributed by atoms with Gasteiger partial charge in [0, 0.05) is 12.5 Å². The lowest BCUT2D eigenvalue weighted by atomic mass is 10.0. The fourth-order valence-electron chi connectivity index (χ4n) is 1.87. The number of aliphatic hydroxyl groups is 1. The van der Waals surface area contributed by atoms with Gasteiger partial charge in [0.15, 0.2) is 0 Å². The maximum atomic E-state index is 13.0. The number of nitrogens with zero attached hydrogens (tertiary/aromatic N) is 1. The molecule has 0 bridgehead atoms. The third-order valence-corrected chi connectivity index (χ3v) is 2.94. The van der Waals surface area contributed by atoms with Gasteiger partial charge in [0.2, 0.25) is 5.91 Å². The Bertz CT molecular complexity index is 213. The summed E-state index contributed by atoms with van der Waals surface area (Å²) in [4.78, 5) is 13.2. The molecule has 0 spiro atoms. The van der Waals surface area contributed by atoms with Crippen molar-refractivity contribution in [1.82, 2.24) is 4.90 Å². The normalized spacial score (nSPS) is 28.1. The van der Waals surface area contributed by atoms with E-state index in [0.29, 0.717) is 0 Å². The van der Waals surface area contributed by atoms with Crippen molar-refractivity contribution in [3.8, 4) is 0 Å². The summed E-state index contributed by atoms with van der Waals surface area (Å²) in [7, 11) is 0. The maximum Gasteiger partial charge on any atom is 0.225 e. The number of likely N-dealkylation sites (tertiary alicyclic amines) is 1. The fraction of sp³-hybridized carbons (Fsp3) is 0.909. The van der Waals surface area contributed by atoms with Gasteiger partial charge < -0.3 is 10.0 Å². The minimum Gasteiger partial charge on any atom is -0.388 e. The van der Waals surface area contributed by atoms with Crippen LogP contribution in [0.1, 0.15) is 33.1 Å². The first-order valence-corrected chi connectivity index (χ1v) is 5.67. The predicted molar refractivity (Wildman–Crippen MR) is 56.2 cm³/mol. The number of β-amino-alcohol motifs (C(OH)–C–C–N with tert-alkyl or cyclic N) is 1. The van der Waals surface area contributed by atoms with Crippen LogP contribution in [0.4, 0.5) is 4.39 Å². The molecule has 0 aromatic heterocycles. The number of rotatable bonds is 4. The van der Waals surface area contributed by atoms with Crippen LogP contribution in [0.15, 0.2) is 0 Å². The Balaban J connectivity index is 2.40. The molecule has 0 aromatic rings. The predicted octanol–water partition coefficient (Wildman–Crippen LogP) is 1.35. The average Bonchev–Trinajstić information content (AvgIpc) is 2.54. The topological polar surface area (TPSA) is 40.5 Å². The molecule has 3 unspecified atom stereocenters. The molecule has 15 heavy (non-hydrogen) atoms. The van der Waals surface area contributed by atoms with E-state index in [9.17, 15) is 14.3 Å². The van der Waals surface area contributed by atoms with Crippen molar-refractivity contribution in [3.63, 3.8) is 0 Å². The van der Waals surface area contributed by atoms with Crippen LogP contribution in [0.5, 0.6) is 0 Å². The second kappa shape index (κ2) is 5.45. The molecule has 0 aromatic carbocycles. The summed E-state index contributed by atoms with van der Waals surface area (Å²) in [6.45, 7) is 4.15. The summed E-state index contributed by atoms with van der Waals surface area (Å²) in [6, 6.07) is 0. The van der Waals surface area contributed by atoms with Crippen molar-refractivity contribution in [2.45, 2.75) is 45.4 Å². The van der Waals surface area contributed by atoms with Gasteiger partial charge in [-0.15, -0.1) is 0 Å². The molecule has 3 atom stereocenters. The minimum atomic E-state index is -1.27. The zero-order valence-corrected chi connectivity index (χ0v) is 9.45. The molecule has 1 amide bonds. The number of carbonyl (C=O) groups is 1. The van der Waals surface area contributed by atoms with Gasteiger partial charge in [-0.3, -0.25) is 4.79 Å². The Kier molecular flexibility index (Phi) is 4.51. The zero-order valence-electron chi connectivity index (χ0n) is 9.45. The van der Waals surface area contributed by atoms with Crippen LogP contribution in [-0.2, 0) is 4.79 Å². The highest BCUT2D eigenvalue weighted by Gasteiger charge is 2.35. The van der Waals surface area contributed by atoms with Crippen molar-refractivity contribution in [2.75, 3.05) is 13.1 Å². The lowest BCUT2D eigenvalue weighted by molar-refractivity contribution is -0.134. The first kappa shape index (κ1) is 12.4. The number of hydrogen-bond donors (Lipinski definition) is 1. The first-order chi connectivity index (χ1) is 7.06. The van der Waals surface area contributed by atoms with Crippen molar-refractivity contribution in [3.05, 3.63) is 0 Å². The van der Waals surface area contributed by atoms with Gasteiger partial charge in [-0.25, -0.2) is 4.39 Å². The van der Waals surface area contributed by atoms with E-state index in [1.54, 1.807) is 0 Å². The van der Waals surface area contributed by atoms with Crippen LogP contribution >= 0.6 is 0 Å². The van der Waals surface area contributed by atoms with Crippen LogP contribution in [0, 0.1) is 5.92 Å². The molecule has 0 radical (unpaired) electrons. The van der Waals surface area contributed by atoms with Crippen LogP contribution in [0.25, 0.3) is 0 Å². The largest absolute Gasteiger partial charge is 0.388 e. The highest BCUT2D eigenvalue weighted by Crippen LogP contribution is 2.18. The molecule has 1 rings (SSSR count). The second-order valence-corrected chi connectivity index (χ2v) is 4.37. The van der Waals surface area contributed by atoms with E-state index in [4.69, 9.17) is 0 Å². The summed E-state index contributed by atoms with van der Waals surface area (Å²) >= 11 is 0. The molecule has 1 N–H and O–H groups in total. The lowest BCUT2D eigenvalue weighted by Crippen LogP contribution is -2.34. The summed E-state index contributed by atoms with van der Waals surface area (Å²) < 4.78 is 13.0. The van der Waals surface area contributed by atoms with Crippen LogP contribution in [-0.4, -0.2) is 41.3 Å². The van der Waals surface area contributed by atoms with E-state index in [1.807, 2.05) is 6.92 Å². The average molecular weight is 217 g/mol. The number of amides is 1. The molecular formula is C11H20FNO2. The monoisotopic (exact) mass is 217 g/mol. The van der Waals surface area contributed by atoms with Crippen LogP contribution < -0.4 is 0 Å². The van der Waals surface area contributed by atoms with Crippen LogP contribution in [0.3, 0.4) is 0 Å². The zero-order chi connectivity index (χ0) is 11.4. The molecular weight excluding hydrogens is 197 g/mol. The maximum absolute atomic E-state index is 13.0. The highest BCUT2D eigenvalue weighted by molar-refractivity contribution is 5.78. The Labute approximate surface area is 90.3 Å². The van der Waals surface area contributed by atoms with Gasteiger partial charge in [0.25, 0.3) is 0 Å². The highest BCUT2D eigenvalue weighted by atomic mass is 19.1. The van der Waals surface area contributed by atoms with Gasteiger partial charge in [-0.2, -0.15) is 0 Å². The van der Waals surface area contributed by atoms with E-state index in [2.05, 4.69) is 6.92 Å². The molecule has 1 fully saturated rings. The van der Waals surface area contributed by atoms with E-state index < -0.39 is 12.3 Å². The Hall–Kier alpha value is -0.640. The molecule has 1 heterocycles. The van der Waals surface area contributed by atoms with Gasteiger partial charge in [0.1, 0.15) is 12.3 Å². The van der Waals surface area contributed by atoms with E-state index >= 15 is 0 Å². The number of carbonyl (C=O) groups excluding carboxylic acids is 1. The van der Waals surface area contributed by atoms with E-state index in [1.165, 1.54) is 4.90 Å². The summed E-state index contributed by atoms with van der Waals surface area (Å²) in [6.07, 6.45) is 0.660. The SMILES string of the molecule is CCCCC(C)C(=O)N1CC(O)C(F)C1. The molecule has 1 saturated heterocycles. The van der Waals surface area contributed by atoms with Crippen molar-refractivity contribution in [2.24, 2.45) is 5.92 Å². The standard InChI is InChI=1S/C11H20FNO2/c1-3-4-5-8(2)11(15)13-6-9(12)10(14)7-13/h8-10,14H,3-7H2,1-2H3. The van der Waals surface area contributed by atoms with E-state index in [0.717, 1.165) is 19.3 Å². The summed E-state index contributed by atoms with van der Waals surface area (Å²) in [5, 5.41) is 9.21. The molecule has 88 valence electrons. The molecule has 4 heteroatoms. The lowest BCUT2D eigenvalue weighted by Gasteiger charge is -2.19.